The molecule has 3 N–H and O–H groups in total. The molecule has 9 nitrogen and oxygen atoms in total. The van der Waals surface area contributed by atoms with Gasteiger partial charge in [0.2, 0.25) is 5.82 Å². The smallest absolute Gasteiger partial charge is 0.216 e. The summed E-state index contributed by atoms with van der Waals surface area (Å²) in [5.74, 6) is 2.08. The minimum Gasteiger partial charge on any atom is -0.393 e. The lowest BCUT2D eigenvalue weighted by atomic mass is 9.93. The largest absolute Gasteiger partial charge is 0.393 e. The number of thiazole rings is 1. The molecule has 3 heterocycles. The molecule has 1 fully saturated rings. The highest BCUT2D eigenvalue weighted by atomic mass is 32.1. The van der Waals surface area contributed by atoms with Gasteiger partial charge in [0.05, 0.1) is 22.9 Å². The highest BCUT2D eigenvalue weighted by Gasteiger charge is 2.19. The zero-order valence-corrected chi connectivity index (χ0v) is 18.5. The van der Waals surface area contributed by atoms with E-state index in [4.69, 9.17) is 4.98 Å². The van der Waals surface area contributed by atoms with E-state index in [1.807, 2.05) is 49.4 Å². The zero-order chi connectivity index (χ0) is 21.9. The van der Waals surface area contributed by atoms with E-state index in [2.05, 4.69) is 31.0 Å². The first-order chi connectivity index (χ1) is 15.6. The molecule has 0 saturated heterocycles. The van der Waals surface area contributed by atoms with Gasteiger partial charge in [-0.3, -0.25) is 0 Å². The lowest BCUT2D eigenvalue weighted by Gasteiger charge is -2.26. The molecule has 1 saturated carbocycles. The van der Waals surface area contributed by atoms with Crippen LogP contribution in [0, 0.1) is 6.92 Å². The van der Waals surface area contributed by atoms with Crippen molar-refractivity contribution in [3.05, 3.63) is 54.2 Å². The maximum absolute atomic E-state index is 9.72. The Morgan fingerprint density at radius 1 is 1.06 bits per heavy atom. The third kappa shape index (κ3) is 4.76. The molecule has 1 aliphatic rings. The number of nitrogens with one attached hydrogen (secondary N) is 2. The molecule has 0 radical (unpaired) electrons. The van der Waals surface area contributed by atoms with Crippen molar-refractivity contribution >= 4 is 28.1 Å². The van der Waals surface area contributed by atoms with E-state index in [-0.39, 0.29) is 6.10 Å². The molecular formula is C22H24N8OS. The number of aromatic nitrogens is 6. The minimum absolute atomic E-state index is 0.168. The number of pyridine rings is 1. The van der Waals surface area contributed by atoms with Crippen LogP contribution in [-0.4, -0.2) is 47.4 Å². The number of hydrogen-bond acceptors (Lipinski definition) is 9. The SMILES string of the molecule is Cc1cc(Nc2ncc(-c3nnn(-c4ccccc4)n3)s2)nc(N[C@H]2CC[C@H](O)CC2)c1. The van der Waals surface area contributed by atoms with Crippen LogP contribution in [0.5, 0.6) is 0 Å². The fourth-order valence-electron chi connectivity index (χ4n) is 3.76. The van der Waals surface area contributed by atoms with E-state index >= 15 is 0 Å². The van der Waals surface area contributed by atoms with Crippen molar-refractivity contribution in [3.8, 4) is 16.4 Å². The van der Waals surface area contributed by atoms with Crippen LogP contribution in [0.2, 0.25) is 0 Å². The van der Waals surface area contributed by atoms with Gasteiger partial charge in [-0.2, -0.15) is 0 Å². The van der Waals surface area contributed by atoms with Crippen molar-refractivity contribution in [1.29, 1.82) is 0 Å². The molecule has 0 unspecified atom stereocenters. The third-order valence-electron chi connectivity index (χ3n) is 5.38. The number of tetrazole rings is 1. The Hall–Kier alpha value is -3.37. The van der Waals surface area contributed by atoms with Gasteiger partial charge in [0, 0.05) is 6.04 Å². The molecule has 0 aliphatic heterocycles. The lowest BCUT2D eigenvalue weighted by Crippen LogP contribution is -2.28. The van der Waals surface area contributed by atoms with E-state index in [0.29, 0.717) is 17.0 Å². The maximum Gasteiger partial charge on any atom is 0.216 e. The summed E-state index contributed by atoms with van der Waals surface area (Å²) in [4.78, 5) is 11.5. The Morgan fingerprint density at radius 3 is 2.66 bits per heavy atom. The van der Waals surface area contributed by atoms with Crippen molar-refractivity contribution in [2.24, 2.45) is 0 Å². The molecule has 0 atom stereocenters. The van der Waals surface area contributed by atoms with E-state index in [0.717, 1.165) is 53.4 Å². The van der Waals surface area contributed by atoms with E-state index in [1.54, 1.807) is 6.20 Å². The first kappa shape index (κ1) is 20.5. The number of nitrogens with zero attached hydrogens (tertiary/aromatic N) is 6. The quantitative estimate of drug-likeness (QED) is 0.406. The monoisotopic (exact) mass is 448 g/mol. The summed E-state index contributed by atoms with van der Waals surface area (Å²) in [5, 5.41) is 30.0. The van der Waals surface area contributed by atoms with Gasteiger partial charge in [-0.25, -0.2) is 9.97 Å². The fourth-order valence-corrected chi connectivity index (χ4v) is 4.51. The molecule has 3 aromatic heterocycles. The number of aliphatic hydroxyl groups is 1. The molecule has 32 heavy (non-hydrogen) atoms. The fraction of sp³-hybridized carbons (Fsp3) is 0.318. The average Bonchev–Trinajstić information content (AvgIpc) is 3.45. The van der Waals surface area contributed by atoms with Crippen LogP contribution < -0.4 is 10.6 Å². The second-order valence-electron chi connectivity index (χ2n) is 7.96. The molecule has 0 bridgehead atoms. The van der Waals surface area contributed by atoms with E-state index in [1.165, 1.54) is 16.1 Å². The Bertz CT molecular complexity index is 1180. The van der Waals surface area contributed by atoms with Gasteiger partial charge in [0.25, 0.3) is 0 Å². The average molecular weight is 449 g/mol. The number of aliphatic hydroxyl groups excluding tert-OH is 1. The predicted octanol–water partition coefficient (Wildman–Crippen LogP) is 3.95. The Balaban J connectivity index is 1.28. The highest BCUT2D eigenvalue weighted by Crippen LogP contribution is 2.29. The van der Waals surface area contributed by atoms with Crippen LogP contribution in [-0.2, 0) is 0 Å². The molecule has 1 aromatic carbocycles. The van der Waals surface area contributed by atoms with Crippen LogP contribution in [0.25, 0.3) is 16.4 Å². The van der Waals surface area contributed by atoms with Crippen molar-refractivity contribution in [1.82, 2.24) is 30.2 Å². The standard InChI is InChI=1S/C22H24N8OS/c1-14-11-19(24-15-7-9-17(31)10-8-15)25-20(12-14)26-22-23-13-18(32-22)21-27-29-30(28-21)16-5-3-2-4-6-16/h2-6,11-13,15,17,31H,7-10H2,1H3,(H2,23,24,25,26)/t15-,17-. The summed E-state index contributed by atoms with van der Waals surface area (Å²) in [6.45, 7) is 2.04. The molecule has 4 aromatic rings. The summed E-state index contributed by atoms with van der Waals surface area (Å²) in [6.07, 6.45) is 5.14. The van der Waals surface area contributed by atoms with Crippen molar-refractivity contribution in [2.45, 2.75) is 44.8 Å². The van der Waals surface area contributed by atoms with Crippen LogP contribution in [0.15, 0.2) is 48.7 Å². The second-order valence-corrected chi connectivity index (χ2v) is 8.99. The van der Waals surface area contributed by atoms with Gasteiger partial charge < -0.3 is 15.7 Å². The number of anilines is 3. The Morgan fingerprint density at radius 2 is 1.84 bits per heavy atom. The summed E-state index contributed by atoms with van der Waals surface area (Å²) >= 11 is 1.45. The molecule has 0 amide bonds. The van der Waals surface area contributed by atoms with Gasteiger partial charge in [-0.15, -0.1) is 15.0 Å². The molecule has 0 spiro atoms. The van der Waals surface area contributed by atoms with Crippen LogP contribution in [0.1, 0.15) is 31.2 Å². The van der Waals surface area contributed by atoms with Crippen molar-refractivity contribution in [3.63, 3.8) is 0 Å². The first-order valence-corrected chi connectivity index (χ1v) is 11.5. The highest BCUT2D eigenvalue weighted by molar-refractivity contribution is 7.18. The van der Waals surface area contributed by atoms with Gasteiger partial charge in [0.15, 0.2) is 5.13 Å². The summed E-state index contributed by atoms with van der Waals surface area (Å²) in [6, 6.07) is 14.0. The second kappa shape index (κ2) is 9.01. The van der Waals surface area contributed by atoms with Crippen molar-refractivity contribution in [2.75, 3.05) is 10.6 Å². The molecule has 1 aliphatic carbocycles. The van der Waals surface area contributed by atoms with Crippen LogP contribution in [0.3, 0.4) is 0 Å². The van der Waals surface area contributed by atoms with Gasteiger partial charge in [0.1, 0.15) is 11.6 Å². The summed E-state index contributed by atoms with van der Waals surface area (Å²) in [5.41, 5.74) is 1.95. The zero-order valence-electron chi connectivity index (χ0n) is 17.6. The number of aryl methyl sites for hydroxylation is 1. The van der Waals surface area contributed by atoms with E-state index in [9.17, 15) is 5.11 Å². The minimum atomic E-state index is -0.168. The topological polar surface area (TPSA) is 114 Å². The summed E-state index contributed by atoms with van der Waals surface area (Å²) < 4.78 is 0. The molecule has 164 valence electrons. The lowest BCUT2D eigenvalue weighted by molar-refractivity contribution is 0.126. The number of para-hydroxylation sites is 1. The Kier molecular flexibility index (Phi) is 5.78. The van der Waals surface area contributed by atoms with E-state index < -0.39 is 0 Å². The summed E-state index contributed by atoms with van der Waals surface area (Å²) in [7, 11) is 0. The first-order valence-electron chi connectivity index (χ1n) is 10.6. The van der Waals surface area contributed by atoms with Gasteiger partial charge >= 0.3 is 0 Å². The molecule has 5 rings (SSSR count). The van der Waals surface area contributed by atoms with Crippen LogP contribution in [0.4, 0.5) is 16.8 Å². The van der Waals surface area contributed by atoms with Gasteiger partial charge in [-0.05, 0) is 67.6 Å². The third-order valence-corrected chi connectivity index (χ3v) is 6.29. The van der Waals surface area contributed by atoms with Gasteiger partial charge in [-0.1, -0.05) is 29.5 Å². The maximum atomic E-state index is 9.72. The normalized spacial score (nSPS) is 18.4. The predicted molar refractivity (Wildman–Crippen MR) is 124 cm³/mol. The molecule has 10 heteroatoms. The van der Waals surface area contributed by atoms with Crippen LogP contribution >= 0.6 is 11.3 Å². The number of hydrogen-bond donors (Lipinski definition) is 3. The number of rotatable bonds is 6. The van der Waals surface area contributed by atoms with Crippen molar-refractivity contribution < 1.29 is 5.11 Å². The Labute approximate surface area is 189 Å². The number of benzene rings is 1. The molecular weight excluding hydrogens is 424 g/mol.